The lowest BCUT2D eigenvalue weighted by atomic mass is 10.0. The first-order chi connectivity index (χ1) is 9.08. The van der Waals surface area contributed by atoms with Crippen LogP contribution >= 0.6 is 11.6 Å². The zero-order chi connectivity index (χ0) is 13.8. The molecule has 0 spiro atoms. The van der Waals surface area contributed by atoms with E-state index in [0.717, 1.165) is 16.1 Å². The van der Waals surface area contributed by atoms with Gasteiger partial charge in [0.1, 0.15) is 5.82 Å². The van der Waals surface area contributed by atoms with Gasteiger partial charge in [0.2, 0.25) is 0 Å². The van der Waals surface area contributed by atoms with Gasteiger partial charge in [-0.15, -0.1) is 0 Å². The molecule has 0 heterocycles. The molecule has 100 valence electrons. The zero-order valence-electron chi connectivity index (χ0n) is 11.0. The highest BCUT2D eigenvalue weighted by molar-refractivity contribution is 6.31. The number of rotatable bonds is 4. The van der Waals surface area contributed by atoms with Crippen molar-refractivity contribution in [1.82, 2.24) is 5.32 Å². The summed E-state index contributed by atoms with van der Waals surface area (Å²) in [5.41, 5.74) is 1.98. The molecule has 3 heteroatoms. The standard InChI is InChI=1S/C16H17ClFN/c1-11(13-6-5-7-14(18)10-13)19-12(2)15-8-3-4-9-16(15)17/h3-12,19H,1-2H3/t11?,12-/m0/s1. The maximum atomic E-state index is 13.2. The van der Waals surface area contributed by atoms with Gasteiger partial charge in [-0.05, 0) is 43.2 Å². The lowest BCUT2D eigenvalue weighted by Gasteiger charge is -2.21. The van der Waals surface area contributed by atoms with Crippen molar-refractivity contribution in [2.45, 2.75) is 25.9 Å². The van der Waals surface area contributed by atoms with Gasteiger partial charge in [0, 0.05) is 17.1 Å². The fraction of sp³-hybridized carbons (Fsp3) is 0.250. The molecule has 0 saturated heterocycles. The summed E-state index contributed by atoms with van der Waals surface area (Å²) in [7, 11) is 0. The third-order valence-electron chi connectivity index (χ3n) is 3.22. The van der Waals surface area contributed by atoms with Crippen LogP contribution < -0.4 is 5.32 Å². The Labute approximate surface area is 118 Å². The molecule has 2 aromatic rings. The molecule has 19 heavy (non-hydrogen) atoms. The number of hydrogen-bond acceptors (Lipinski definition) is 1. The van der Waals surface area contributed by atoms with Crippen LogP contribution in [0.15, 0.2) is 48.5 Å². The van der Waals surface area contributed by atoms with Crippen molar-refractivity contribution >= 4 is 11.6 Å². The summed E-state index contributed by atoms with van der Waals surface area (Å²) in [5.74, 6) is -0.212. The van der Waals surface area contributed by atoms with Crippen LogP contribution in [0.1, 0.15) is 37.1 Å². The van der Waals surface area contributed by atoms with Crippen molar-refractivity contribution < 1.29 is 4.39 Å². The molecule has 0 fully saturated rings. The van der Waals surface area contributed by atoms with E-state index in [1.54, 1.807) is 12.1 Å². The van der Waals surface area contributed by atoms with E-state index in [2.05, 4.69) is 12.2 Å². The third-order valence-corrected chi connectivity index (χ3v) is 3.56. The molecule has 0 aliphatic heterocycles. The van der Waals surface area contributed by atoms with Crippen molar-refractivity contribution in [3.05, 3.63) is 70.5 Å². The lowest BCUT2D eigenvalue weighted by molar-refractivity contribution is 0.492. The van der Waals surface area contributed by atoms with Gasteiger partial charge in [-0.3, -0.25) is 0 Å². The van der Waals surface area contributed by atoms with Gasteiger partial charge < -0.3 is 5.32 Å². The van der Waals surface area contributed by atoms with Crippen molar-refractivity contribution in [2.75, 3.05) is 0 Å². The molecule has 1 nitrogen and oxygen atoms in total. The number of nitrogens with one attached hydrogen (secondary N) is 1. The highest BCUT2D eigenvalue weighted by Crippen LogP contribution is 2.25. The van der Waals surface area contributed by atoms with Crippen LogP contribution in [0.4, 0.5) is 4.39 Å². The van der Waals surface area contributed by atoms with E-state index in [-0.39, 0.29) is 17.9 Å². The second kappa shape index (κ2) is 6.18. The smallest absolute Gasteiger partial charge is 0.123 e. The van der Waals surface area contributed by atoms with Crippen LogP contribution in [-0.4, -0.2) is 0 Å². The summed E-state index contributed by atoms with van der Waals surface area (Å²) in [5, 5.41) is 4.17. The first-order valence-corrected chi connectivity index (χ1v) is 6.71. The van der Waals surface area contributed by atoms with Crippen molar-refractivity contribution in [3.8, 4) is 0 Å². The Bertz CT molecular complexity index is 556. The number of benzene rings is 2. The van der Waals surface area contributed by atoms with Crippen molar-refractivity contribution in [2.24, 2.45) is 0 Å². The molecule has 0 amide bonds. The average Bonchev–Trinajstić information content (AvgIpc) is 2.39. The Morgan fingerprint density at radius 3 is 2.42 bits per heavy atom. The summed E-state index contributed by atoms with van der Waals surface area (Å²) >= 11 is 6.17. The number of hydrogen-bond donors (Lipinski definition) is 1. The molecule has 1 N–H and O–H groups in total. The molecule has 2 aromatic carbocycles. The predicted molar refractivity (Wildman–Crippen MR) is 77.8 cm³/mol. The van der Waals surface area contributed by atoms with Gasteiger partial charge in [-0.2, -0.15) is 0 Å². The van der Waals surface area contributed by atoms with E-state index in [1.165, 1.54) is 6.07 Å². The molecule has 0 radical (unpaired) electrons. The largest absolute Gasteiger partial charge is 0.304 e. The molecule has 0 aromatic heterocycles. The molecular formula is C16H17ClFN. The SMILES string of the molecule is CC(N[C@@H](C)c1ccccc1Cl)c1cccc(F)c1. The topological polar surface area (TPSA) is 12.0 Å². The second-order valence-corrected chi connectivity index (χ2v) is 5.09. The van der Waals surface area contributed by atoms with Gasteiger partial charge in [-0.25, -0.2) is 4.39 Å². The van der Waals surface area contributed by atoms with Crippen LogP contribution in [0.3, 0.4) is 0 Å². The molecule has 0 aliphatic carbocycles. The third kappa shape index (κ3) is 3.55. The first-order valence-electron chi connectivity index (χ1n) is 6.34. The minimum Gasteiger partial charge on any atom is -0.304 e. The predicted octanol–water partition coefficient (Wildman–Crippen LogP) is 4.89. The van der Waals surface area contributed by atoms with Gasteiger partial charge in [-0.1, -0.05) is 41.9 Å². The second-order valence-electron chi connectivity index (χ2n) is 4.69. The van der Waals surface area contributed by atoms with Gasteiger partial charge in [0.15, 0.2) is 0 Å². The Morgan fingerprint density at radius 2 is 1.74 bits per heavy atom. The first kappa shape index (κ1) is 14.0. The molecular weight excluding hydrogens is 261 g/mol. The van der Waals surface area contributed by atoms with Gasteiger partial charge in [0.05, 0.1) is 0 Å². The monoisotopic (exact) mass is 277 g/mol. The highest BCUT2D eigenvalue weighted by atomic mass is 35.5. The lowest BCUT2D eigenvalue weighted by Crippen LogP contribution is -2.22. The Morgan fingerprint density at radius 1 is 1.00 bits per heavy atom. The zero-order valence-corrected chi connectivity index (χ0v) is 11.8. The van der Waals surface area contributed by atoms with Gasteiger partial charge >= 0.3 is 0 Å². The molecule has 0 bridgehead atoms. The van der Waals surface area contributed by atoms with Crippen molar-refractivity contribution in [3.63, 3.8) is 0 Å². The minimum atomic E-state index is -0.212. The van der Waals surface area contributed by atoms with E-state index in [4.69, 9.17) is 11.6 Å². The molecule has 2 rings (SSSR count). The number of halogens is 2. The molecule has 1 unspecified atom stereocenters. The Balaban J connectivity index is 2.11. The Kier molecular flexibility index (Phi) is 4.56. The maximum absolute atomic E-state index is 13.2. The van der Waals surface area contributed by atoms with Crippen LogP contribution in [-0.2, 0) is 0 Å². The van der Waals surface area contributed by atoms with E-state index in [0.29, 0.717) is 0 Å². The van der Waals surface area contributed by atoms with Crippen LogP contribution in [0.2, 0.25) is 5.02 Å². The quantitative estimate of drug-likeness (QED) is 0.839. The van der Waals surface area contributed by atoms with Crippen LogP contribution in [0.25, 0.3) is 0 Å². The molecule has 2 atom stereocenters. The van der Waals surface area contributed by atoms with E-state index < -0.39 is 0 Å². The van der Waals surface area contributed by atoms with E-state index in [9.17, 15) is 4.39 Å². The minimum absolute atomic E-state index is 0.0574. The summed E-state index contributed by atoms with van der Waals surface area (Å²) in [6.07, 6.45) is 0. The Hall–Kier alpha value is -1.38. The fourth-order valence-corrected chi connectivity index (χ4v) is 2.46. The maximum Gasteiger partial charge on any atom is 0.123 e. The van der Waals surface area contributed by atoms with Crippen LogP contribution in [0, 0.1) is 5.82 Å². The highest BCUT2D eigenvalue weighted by Gasteiger charge is 2.13. The fourth-order valence-electron chi connectivity index (χ4n) is 2.16. The van der Waals surface area contributed by atoms with Crippen LogP contribution in [0.5, 0.6) is 0 Å². The normalized spacial score (nSPS) is 14.1. The average molecular weight is 278 g/mol. The van der Waals surface area contributed by atoms with E-state index in [1.807, 2.05) is 37.3 Å². The summed E-state index contributed by atoms with van der Waals surface area (Å²) in [6, 6.07) is 14.6. The molecule has 0 saturated carbocycles. The summed E-state index contributed by atoms with van der Waals surface area (Å²) in [6.45, 7) is 4.07. The molecule has 0 aliphatic rings. The van der Waals surface area contributed by atoms with E-state index >= 15 is 0 Å². The van der Waals surface area contributed by atoms with Crippen molar-refractivity contribution in [1.29, 1.82) is 0 Å². The summed E-state index contributed by atoms with van der Waals surface area (Å²) < 4.78 is 13.2. The van der Waals surface area contributed by atoms with Gasteiger partial charge in [0.25, 0.3) is 0 Å². The summed E-state index contributed by atoms with van der Waals surface area (Å²) in [4.78, 5) is 0.